The Bertz CT molecular complexity index is 474. The first-order valence-corrected chi connectivity index (χ1v) is 6.37. The lowest BCUT2D eigenvalue weighted by Gasteiger charge is -2.03. The van der Waals surface area contributed by atoms with Gasteiger partial charge in [-0.1, -0.05) is 23.7 Å². The molecule has 0 aliphatic rings. The molecule has 0 fully saturated rings. The summed E-state index contributed by atoms with van der Waals surface area (Å²) < 4.78 is 4.82. The number of methoxy groups -OCH3 is 1. The van der Waals surface area contributed by atoms with Crippen molar-refractivity contribution in [3.63, 3.8) is 0 Å². The van der Waals surface area contributed by atoms with Crippen LogP contribution in [0.25, 0.3) is 0 Å². The molecule has 0 atom stereocenters. The lowest BCUT2D eigenvalue weighted by molar-refractivity contribution is -0.139. The summed E-state index contributed by atoms with van der Waals surface area (Å²) in [5.41, 5.74) is 2.90. The van der Waals surface area contributed by atoms with E-state index in [1.807, 2.05) is 0 Å². The highest BCUT2D eigenvalue weighted by Gasteiger charge is 2.10. The van der Waals surface area contributed by atoms with Crippen molar-refractivity contribution in [2.45, 2.75) is 6.42 Å². The number of benzene rings is 1. The molecule has 6 nitrogen and oxygen atoms in total. The second kappa shape index (κ2) is 9.06. The zero-order chi connectivity index (χ0) is 14.8. The van der Waals surface area contributed by atoms with E-state index in [-0.39, 0.29) is 0 Å². The Morgan fingerprint density at radius 2 is 2.00 bits per heavy atom. The van der Waals surface area contributed by atoms with Gasteiger partial charge >= 0.3 is 11.8 Å². The number of carbonyl (C=O) groups excluding carboxylic acids is 2. The zero-order valence-corrected chi connectivity index (χ0v) is 11.8. The van der Waals surface area contributed by atoms with Crippen molar-refractivity contribution in [2.24, 2.45) is 5.10 Å². The molecule has 1 aromatic rings. The fourth-order valence-electron chi connectivity index (χ4n) is 1.26. The Kier molecular flexibility index (Phi) is 7.31. The normalized spacial score (nSPS) is 10.5. The van der Waals surface area contributed by atoms with E-state index < -0.39 is 11.8 Å². The highest BCUT2D eigenvalue weighted by molar-refractivity contribution is 6.35. The van der Waals surface area contributed by atoms with Crippen LogP contribution in [0.5, 0.6) is 0 Å². The van der Waals surface area contributed by atoms with E-state index in [9.17, 15) is 9.59 Å². The molecule has 7 heteroatoms. The number of nitrogens with zero attached hydrogens (tertiary/aromatic N) is 1. The van der Waals surface area contributed by atoms with E-state index >= 15 is 0 Å². The van der Waals surface area contributed by atoms with Crippen LogP contribution in [0, 0.1) is 0 Å². The quantitative estimate of drug-likeness (QED) is 0.355. The third-order valence-corrected chi connectivity index (χ3v) is 2.52. The highest BCUT2D eigenvalue weighted by atomic mass is 35.5. The predicted molar refractivity (Wildman–Crippen MR) is 76.7 cm³/mol. The molecule has 108 valence electrons. The van der Waals surface area contributed by atoms with Gasteiger partial charge in [0.25, 0.3) is 0 Å². The third kappa shape index (κ3) is 6.31. The van der Waals surface area contributed by atoms with Crippen LogP contribution in [0.4, 0.5) is 0 Å². The first kappa shape index (κ1) is 16.1. The first-order valence-electron chi connectivity index (χ1n) is 5.99. The molecule has 0 aromatic heterocycles. The summed E-state index contributed by atoms with van der Waals surface area (Å²) in [6, 6.07) is 6.88. The Morgan fingerprint density at radius 1 is 1.30 bits per heavy atom. The number of hydrazone groups is 1. The maximum Gasteiger partial charge on any atom is 0.329 e. The SMILES string of the molecule is COCCCNC(=O)C(=O)N/N=C/c1ccc(Cl)cc1. The maximum absolute atomic E-state index is 11.4. The van der Waals surface area contributed by atoms with E-state index in [4.69, 9.17) is 16.3 Å². The second-order valence-electron chi connectivity index (χ2n) is 3.85. The molecule has 0 saturated heterocycles. The minimum absolute atomic E-state index is 0.376. The zero-order valence-electron chi connectivity index (χ0n) is 11.1. The van der Waals surface area contributed by atoms with E-state index in [0.717, 1.165) is 5.56 Å². The van der Waals surface area contributed by atoms with Crippen LogP contribution in [-0.4, -0.2) is 38.3 Å². The van der Waals surface area contributed by atoms with Gasteiger partial charge in [-0.2, -0.15) is 5.10 Å². The minimum Gasteiger partial charge on any atom is -0.385 e. The van der Waals surface area contributed by atoms with Gasteiger partial charge in [-0.15, -0.1) is 0 Å². The average molecular weight is 298 g/mol. The standard InChI is InChI=1S/C13H16ClN3O3/c1-20-8-2-7-15-12(18)13(19)17-16-9-10-3-5-11(14)6-4-10/h3-6,9H,2,7-8H2,1H3,(H,15,18)(H,17,19)/b16-9+. The molecule has 0 heterocycles. The van der Waals surface area contributed by atoms with Crippen molar-refractivity contribution >= 4 is 29.6 Å². The van der Waals surface area contributed by atoms with Gasteiger partial charge < -0.3 is 10.1 Å². The lowest BCUT2D eigenvalue weighted by atomic mass is 10.2. The van der Waals surface area contributed by atoms with Gasteiger partial charge in [0.2, 0.25) is 0 Å². The van der Waals surface area contributed by atoms with Crippen molar-refractivity contribution in [2.75, 3.05) is 20.3 Å². The van der Waals surface area contributed by atoms with Crippen LogP contribution in [0.1, 0.15) is 12.0 Å². The Labute approximate surface area is 122 Å². The van der Waals surface area contributed by atoms with Gasteiger partial charge in [0, 0.05) is 25.3 Å². The van der Waals surface area contributed by atoms with Gasteiger partial charge in [0.15, 0.2) is 0 Å². The summed E-state index contributed by atoms with van der Waals surface area (Å²) in [4.78, 5) is 22.7. The van der Waals surface area contributed by atoms with Crippen LogP contribution < -0.4 is 10.7 Å². The van der Waals surface area contributed by atoms with Crippen LogP contribution in [0.3, 0.4) is 0 Å². The number of nitrogens with one attached hydrogen (secondary N) is 2. The summed E-state index contributed by atoms with van der Waals surface area (Å²) in [6.45, 7) is 0.900. The molecular weight excluding hydrogens is 282 g/mol. The molecule has 1 aromatic carbocycles. The van der Waals surface area contributed by atoms with Gasteiger partial charge in [-0.3, -0.25) is 9.59 Å². The number of halogens is 1. The van der Waals surface area contributed by atoms with Gasteiger partial charge in [0.05, 0.1) is 6.21 Å². The molecule has 2 amide bonds. The molecular formula is C13H16ClN3O3. The van der Waals surface area contributed by atoms with Crippen LogP contribution in [0.2, 0.25) is 5.02 Å². The first-order chi connectivity index (χ1) is 9.63. The fourth-order valence-corrected chi connectivity index (χ4v) is 1.39. The van der Waals surface area contributed by atoms with Crippen LogP contribution >= 0.6 is 11.6 Å². The van der Waals surface area contributed by atoms with Crippen molar-refractivity contribution in [3.05, 3.63) is 34.9 Å². The number of hydrogen-bond acceptors (Lipinski definition) is 4. The monoisotopic (exact) mass is 297 g/mol. The van der Waals surface area contributed by atoms with E-state index in [2.05, 4.69) is 15.8 Å². The van der Waals surface area contributed by atoms with Crippen molar-refractivity contribution < 1.29 is 14.3 Å². The van der Waals surface area contributed by atoms with Crippen LogP contribution in [-0.2, 0) is 14.3 Å². The number of ether oxygens (including phenoxy) is 1. The van der Waals surface area contributed by atoms with Gasteiger partial charge in [-0.05, 0) is 24.1 Å². The highest BCUT2D eigenvalue weighted by Crippen LogP contribution is 2.07. The molecule has 1 rings (SSSR count). The molecule has 0 unspecified atom stereocenters. The Hall–Kier alpha value is -1.92. The van der Waals surface area contributed by atoms with Crippen molar-refractivity contribution in [3.8, 4) is 0 Å². The van der Waals surface area contributed by atoms with Crippen LogP contribution in [0.15, 0.2) is 29.4 Å². The van der Waals surface area contributed by atoms with E-state index in [1.165, 1.54) is 6.21 Å². The summed E-state index contributed by atoms with van der Waals surface area (Å²) in [6.07, 6.45) is 2.07. The Balaban J connectivity index is 2.31. The predicted octanol–water partition coefficient (Wildman–Crippen LogP) is 0.943. The molecule has 0 saturated carbocycles. The summed E-state index contributed by atoms with van der Waals surface area (Å²) >= 11 is 5.73. The molecule has 2 N–H and O–H groups in total. The van der Waals surface area contributed by atoms with Crippen molar-refractivity contribution in [1.29, 1.82) is 0 Å². The number of rotatable bonds is 6. The average Bonchev–Trinajstić information content (AvgIpc) is 2.45. The molecule has 0 aliphatic carbocycles. The molecule has 0 aliphatic heterocycles. The maximum atomic E-state index is 11.4. The fraction of sp³-hybridized carbons (Fsp3) is 0.308. The number of carbonyl (C=O) groups is 2. The second-order valence-corrected chi connectivity index (χ2v) is 4.29. The lowest BCUT2D eigenvalue weighted by Crippen LogP contribution is -2.38. The van der Waals surface area contributed by atoms with Gasteiger partial charge in [0.1, 0.15) is 0 Å². The Morgan fingerprint density at radius 3 is 2.65 bits per heavy atom. The van der Waals surface area contributed by atoms with E-state index in [0.29, 0.717) is 24.6 Å². The summed E-state index contributed by atoms with van der Waals surface area (Å²) in [5, 5.41) is 6.75. The van der Waals surface area contributed by atoms with Crippen molar-refractivity contribution in [1.82, 2.24) is 10.7 Å². The minimum atomic E-state index is -0.812. The molecule has 0 spiro atoms. The largest absolute Gasteiger partial charge is 0.385 e. The summed E-state index contributed by atoms with van der Waals surface area (Å²) in [5.74, 6) is -1.54. The topological polar surface area (TPSA) is 79.8 Å². The third-order valence-electron chi connectivity index (χ3n) is 2.27. The summed E-state index contributed by atoms with van der Waals surface area (Å²) in [7, 11) is 1.57. The molecule has 0 bridgehead atoms. The smallest absolute Gasteiger partial charge is 0.329 e. The number of hydrogen-bond donors (Lipinski definition) is 2. The molecule has 0 radical (unpaired) electrons. The van der Waals surface area contributed by atoms with Gasteiger partial charge in [-0.25, -0.2) is 5.43 Å². The van der Waals surface area contributed by atoms with E-state index in [1.54, 1.807) is 31.4 Å². The number of amides is 2. The molecule has 20 heavy (non-hydrogen) atoms.